The SMILES string of the molecule is O=C(O)CCC(=O)NC1=CCC(Cc2n[nH]c(=O)c3ccccc23)=CC=C1. The van der Waals surface area contributed by atoms with Crippen LogP contribution in [0.5, 0.6) is 0 Å². The second-order valence-corrected chi connectivity index (χ2v) is 6.21. The van der Waals surface area contributed by atoms with Crippen LogP contribution in [0.25, 0.3) is 10.8 Å². The minimum absolute atomic E-state index is 0.0614. The summed E-state index contributed by atoms with van der Waals surface area (Å²) >= 11 is 0. The van der Waals surface area contributed by atoms with Crippen molar-refractivity contribution in [3.8, 4) is 0 Å². The molecule has 0 unspecified atom stereocenters. The molecule has 3 rings (SSSR count). The number of aliphatic carboxylic acids is 1. The van der Waals surface area contributed by atoms with E-state index in [1.54, 1.807) is 12.1 Å². The summed E-state index contributed by atoms with van der Waals surface area (Å²) in [7, 11) is 0. The summed E-state index contributed by atoms with van der Waals surface area (Å²) in [4.78, 5) is 34.2. The molecule has 7 nitrogen and oxygen atoms in total. The molecule has 0 radical (unpaired) electrons. The molecule has 0 bridgehead atoms. The number of carbonyl (C=O) groups excluding carboxylic acids is 1. The molecule has 0 saturated heterocycles. The van der Waals surface area contributed by atoms with Crippen molar-refractivity contribution >= 4 is 22.6 Å². The third-order valence-electron chi connectivity index (χ3n) is 4.21. The Hall–Kier alpha value is -3.48. The summed E-state index contributed by atoms with van der Waals surface area (Å²) in [5, 5.41) is 19.5. The minimum atomic E-state index is -1.000. The minimum Gasteiger partial charge on any atom is -0.481 e. The number of amides is 1. The Bertz CT molecular complexity index is 1030. The van der Waals surface area contributed by atoms with Crippen LogP contribution in [-0.2, 0) is 16.0 Å². The molecule has 1 amide bonds. The number of allylic oxidation sites excluding steroid dienone is 5. The van der Waals surface area contributed by atoms with Gasteiger partial charge in [-0.1, -0.05) is 42.0 Å². The first kappa shape index (κ1) is 18.3. The van der Waals surface area contributed by atoms with Crippen LogP contribution in [0.3, 0.4) is 0 Å². The molecule has 3 N–H and O–H groups in total. The van der Waals surface area contributed by atoms with E-state index in [0.717, 1.165) is 16.7 Å². The number of nitrogens with one attached hydrogen (secondary N) is 2. The second-order valence-electron chi connectivity index (χ2n) is 6.21. The Balaban J connectivity index is 1.69. The number of carbonyl (C=O) groups is 2. The van der Waals surface area contributed by atoms with E-state index in [1.165, 1.54) is 0 Å². The zero-order valence-electron chi connectivity index (χ0n) is 14.6. The van der Waals surface area contributed by atoms with Gasteiger partial charge in [-0.25, -0.2) is 5.10 Å². The first-order chi connectivity index (χ1) is 13.0. The average Bonchev–Trinajstić information content (AvgIpc) is 2.88. The van der Waals surface area contributed by atoms with Gasteiger partial charge in [0.1, 0.15) is 0 Å². The summed E-state index contributed by atoms with van der Waals surface area (Å²) in [5.41, 5.74) is 2.28. The molecule has 0 aliphatic heterocycles. The number of carboxylic acid groups (broad SMARTS) is 1. The maximum absolute atomic E-state index is 11.9. The molecule has 1 aromatic heterocycles. The maximum Gasteiger partial charge on any atom is 0.303 e. The van der Waals surface area contributed by atoms with E-state index in [0.29, 0.717) is 23.9 Å². The van der Waals surface area contributed by atoms with Gasteiger partial charge in [-0.05, 0) is 18.6 Å². The van der Waals surface area contributed by atoms with Crippen molar-refractivity contribution in [2.75, 3.05) is 0 Å². The lowest BCUT2D eigenvalue weighted by atomic mass is 10.0. The van der Waals surface area contributed by atoms with Crippen LogP contribution in [0.15, 0.2) is 64.6 Å². The lowest BCUT2D eigenvalue weighted by Crippen LogP contribution is -2.22. The summed E-state index contributed by atoms with van der Waals surface area (Å²) in [5.74, 6) is -1.33. The third-order valence-corrected chi connectivity index (χ3v) is 4.21. The van der Waals surface area contributed by atoms with E-state index in [2.05, 4.69) is 15.5 Å². The first-order valence-electron chi connectivity index (χ1n) is 8.57. The molecule has 138 valence electrons. The maximum atomic E-state index is 11.9. The quantitative estimate of drug-likeness (QED) is 0.727. The van der Waals surface area contributed by atoms with Crippen molar-refractivity contribution < 1.29 is 14.7 Å². The smallest absolute Gasteiger partial charge is 0.303 e. The molecule has 1 aliphatic rings. The number of carboxylic acids is 1. The first-order valence-corrected chi connectivity index (χ1v) is 8.57. The van der Waals surface area contributed by atoms with Gasteiger partial charge in [-0.2, -0.15) is 5.10 Å². The molecule has 0 spiro atoms. The van der Waals surface area contributed by atoms with Crippen LogP contribution in [0.1, 0.15) is 25.0 Å². The number of aromatic nitrogens is 2. The Kier molecular flexibility index (Phi) is 5.61. The summed E-state index contributed by atoms with van der Waals surface area (Å²) in [6, 6.07) is 7.34. The summed E-state index contributed by atoms with van der Waals surface area (Å²) in [6.45, 7) is 0. The predicted molar refractivity (Wildman–Crippen MR) is 101 cm³/mol. The highest BCUT2D eigenvalue weighted by Gasteiger charge is 2.10. The Morgan fingerprint density at radius 2 is 1.96 bits per heavy atom. The van der Waals surface area contributed by atoms with Crippen LogP contribution in [0.4, 0.5) is 0 Å². The van der Waals surface area contributed by atoms with Crippen molar-refractivity contribution in [2.24, 2.45) is 0 Å². The zero-order chi connectivity index (χ0) is 19.2. The van der Waals surface area contributed by atoms with Crippen molar-refractivity contribution in [2.45, 2.75) is 25.7 Å². The number of nitrogens with zero attached hydrogens (tertiary/aromatic N) is 1. The molecule has 0 saturated carbocycles. The van der Waals surface area contributed by atoms with Gasteiger partial charge in [-0.3, -0.25) is 14.4 Å². The van der Waals surface area contributed by atoms with E-state index in [4.69, 9.17) is 5.11 Å². The summed E-state index contributed by atoms with van der Waals surface area (Å²) in [6.07, 6.45) is 8.35. The zero-order valence-corrected chi connectivity index (χ0v) is 14.6. The monoisotopic (exact) mass is 365 g/mol. The highest BCUT2D eigenvalue weighted by molar-refractivity contribution is 5.84. The molecular formula is C20H19N3O4. The van der Waals surface area contributed by atoms with Gasteiger partial charge in [-0.15, -0.1) is 0 Å². The van der Waals surface area contributed by atoms with Gasteiger partial charge < -0.3 is 10.4 Å². The van der Waals surface area contributed by atoms with Crippen LogP contribution >= 0.6 is 0 Å². The van der Waals surface area contributed by atoms with Crippen LogP contribution in [0, 0.1) is 0 Å². The topological polar surface area (TPSA) is 112 Å². The highest BCUT2D eigenvalue weighted by atomic mass is 16.4. The van der Waals surface area contributed by atoms with E-state index in [9.17, 15) is 14.4 Å². The van der Waals surface area contributed by atoms with Gasteiger partial charge in [0.15, 0.2) is 0 Å². The molecule has 1 heterocycles. The van der Waals surface area contributed by atoms with Gasteiger partial charge in [0, 0.05) is 23.9 Å². The standard InChI is InChI=1S/C20H19N3O4/c24-18(10-11-19(25)26)21-14-5-3-4-13(8-9-14)12-17-15-6-1-2-7-16(15)20(27)23-22-17/h1-7,9H,8,10-12H2,(H,21,24)(H,23,27)(H,25,26). The van der Waals surface area contributed by atoms with Crippen LogP contribution in [0.2, 0.25) is 0 Å². The van der Waals surface area contributed by atoms with Crippen LogP contribution < -0.4 is 10.9 Å². The Labute approximate surface area is 155 Å². The van der Waals surface area contributed by atoms with Gasteiger partial charge in [0.2, 0.25) is 5.91 Å². The average molecular weight is 365 g/mol. The number of fused-ring (bicyclic) bond motifs is 1. The van der Waals surface area contributed by atoms with Gasteiger partial charge in [0.05, 0.1) is 17.5 Å². The van der Waals surface area contributed by atoms with E-state index < -0.39 is 5.97 Å². The number of hydrogen-bond acceptors (Lipinski definition) is 4. The molecule has 1 aliphatic carbocycles. The summed E-state index contributed by atoms with van der Waals surface area (Å²) < 4.78 is 0. The van der Waals surface area contributed by atoms with E-state index >= 15 is 0 Å². The van der Waals surface area contributed by atoms with Crippen molar-refractivity contribution in [1.82, 2.24) is 15.5 Å². The fourth-order valence-corrected chi connectivity index (χ4v) is 2.85. The van der Waals surface area contributed by atoms with Crippen molar-refractivity contribution in [3.63, 3.8) is 0 Å². The molecule has 1 aromatic carbocycles. The van der Waals surface area contributed by atoms with Crippen molar-refractivity contribution in [1.29, 1.82) is 0 Å². The molecule has 27 heavy (non-hydrogen) atoms. The van der Waals surface area contributed by atoms with E-state index in [1.807, 2.05) is 36.4 Å². The molecule has 0 atom stereocenters. The van der Waals surface area contributed by atoms with Crippen molar-refractivity contribution in [3.05, 3.63) is 75.9 Å². The predicted octanol–water partition coefficient (Wildman–Crippen LogP) is 2.22. The highest BCUT2D eigenvalue weighted by Crippen LogP contribution is 2.19. The Morgan fingerprint density at radius 1 is 1.19 bits per heavy atom. The number of H-pyrrole nitrogens is 1. The number of hydrogen-bond donors (Lipinski definition) is 3. The van der Waals surface area contributed by atoms with E-state index in [-0.39, 0.29) is 24.3 Å². The fraction of sp³-hybridized carbons (Fsp3) is 0.200. The van der Waals surface area contributed by atoms with Gasteiger partial charge >= 0.3 is 5.97 Å². The fourth-order valence-electron chi connectivity index (χ4n) is 2.85. The number of aromatic amines is 1. The van der Waals surface area contributed by atoms with Gasteiger partial charge in [0.25, 0.3) is 5.56 Å². The molecule has 7 heteroatoms. The Morgan fingerprint density at radius 3 is 2.74 bits per heavy atom. The molecule has 2 aromatic rings. The molecular weight excluding hydrogens is 346 g/mol. The molecule has 0 fully saturated rings. The lowest BCUT2D eigenvalue weighted by molar-refractivity contribution is -0.138. The lowest BCUT2D eigenvalue weighted by Gasteiger charge is -2.07. The normalized spacial score (nSPS) is 13.6. The largest absolute Gasteiger partial charge is 0.481 e. The number of rotatable bonds is 6. The number of benzene rings is 1. The second kappa shape index (κ2) is 8.27. The van der Waals surface area contributed by atoms with Crippen LogP contribution in [-0.4, -0.2) is 27.2 Å². The third kappa shape index (κ3) is 4.78.